The van der Waals surface area contributed by atoms with Gasteiger partial charge in [-0.25, -0.2) is 0 Å². The van der Waals surface area contributed by atoms with Crippen LogP contribution in [-0.4, -0.2) is 17.2 Å². The minimum Gasteiger partial charge on any atom is -0.490 e. The van der Waals surface area contributed by atoms with E-state index in [1.54, 1.807) is 0 Å². The molecule has 2 rings (SSSR count). The Kier molecular flexibility index (Phi) is 2.86. The number of carbonyl (C=O) groups is 1. The van der Waals surface area contributed by atoms with Crippen LogP contribution in [0.5, 0.6) is 5.75 Å². The summed E-state index contributed by atoms with van der Waals surface area (Å²) in [6.45, 7) is 4.00. The van der Waals surface area contributed by atoms with Crippen molar-refractivity contribution in [3.8, 4) is 5.75 Å². The minimum absolute atomic E-state index is 0.0804. The summed E-state index contributed by atoms with van der Waals surface area (Å²) in [4.78, 5) is 10.8. The second-order valence-electron chi connectivity index (χ2n) is 4.50. The van der Waals surface area contributed by atoms with Crippen LogP contribution in [0.2, 0.25) is 0 Å². The van der Waals surface area contributed by atoms with Crippen molar-refractivity contribution in [3.05, 3.63) is 29.3 Å². The van der Waals surface area contributed by atoms with Gasteiger partial charge in [-0.3, -0.25) is 4.79 Å². The van der Waals surface area contributed by atoms with E-state index in [9.17, 15) is 4.79 Å². The SMILES string of the molecule is Cc1ccc2c(c1)O[C@H](C)CC2CC(=O)O. The van der Waals surface area contributed by atoms with Crippen LogP contribution in [-0.2, 0) is 4.79 Å². The van der Waals surface area contributed by atoms with Crippen LogP contribution >= 0.6 is 0 Å². The Hall–Kier alpha value is -1.51. The molecule has 1 heterocycles. The third kappa shape index (κ3) is 2.18. The molecule has 1 aromatic rings. The van der Waals surface area contributed by atoms with E-state index in [2.05, 4.69) is 0 Å². The molecule has 86 valence electrons. The Morgan fingerprint density at radius 1 is 1.56 bits per heavy atom. The Labute approximate surface area is 95.0 Å². The molecule has 3 heteroatoms. The molecule has 1 aliphatic rings. The van der Waals surface area contributed by atoms with Gasteiger partial charge >= 0.3 is 5.97 Å². The molecular formula is C13H16O3. The van der Waals surface area contributed by atoms with Gasteiger partial charge < -0.3 is 9.84 Å². The highest BCUT2D eigenvalue weighted by Gasteiger charge is 2.27. The lowest BCUT2D eigenvalue weighted by Crippen LogP contribution is -2.24. The van der Waals surface area contributed by atoms with Crippen molar-refractivity contribution in [2.75, 3.05) is 0 Å². The average Bonchev–Trinajstić information content (AvgIpc) is 2.15. The molecule has 0 aliphatic carbocycles. The fourth-order valence-electron chi connectivity index (χ4n) is 2.28. The first-order chi connectivity index (χ1) is 7.56. The maximum absolute atomic E-state index is 10.8. The smallest absolute Gasteiger partial charge is 0.303 e. The van der Waals surface area contributed by atoms with Crippen molar-refractivity contribution in [2.24, 2.45) is 0 Å². The van der Waals surface area contributed by atoms with E-state index in [1.807, 2.05) is 32.0 Å². The molecule has 1 aliphatic heterocycles. The summed E-state index contributed by atoms with van der Waals surface area (Å²) in [5, 5.41) is 8.89. The van der Waals surface area contributed by atoms with Gasteiger partial charge in [0.1, 0.15) is 5.75 Å². The summed E-state index contributed by atoms with van der Waals surface area (Å²) >= 11 is 0. The third-order valence-electron chi connectivity index (χ3n) is 2.97. The number of rotatable bonds is 2. The van der Waals surface area contributed by atoms with Crippen LogP contribution in [0, 0.1) is 6.92 Å². The summed E-state index contributed by atoms with van der Waals surface area (Å²) in [6.07, 6.45) is 1.06. The molecule has 0 amide bonds. The molecule has 0 spiro atoms. The van der Waals surface area contributed by atoms with E-state index in [4.69, 9.17) is 9.84 Å². The van der Waals surface area contributed by atoms with Crippen LogP contribution in [0.1, 0.15) is 36.8 Å². The minimum atomic E-state index is -0.745. The fraction of sp³-hybridized carbons (Fsp3) is 0.462. The van der Waals surface area contributed by atoms with Gasteiger partial charge in [-0.1, -0.05) is 12.1 Å². The maximum atomic E-state index is 10.8. The Balaban J connectivity index is 2.34. The average molecular weight is 220 g/mol. The van der Waals surface area contributed by atoms with E-state index in [0.29, 0.717) is 0 Å². The first kappa shape index (κ1) is 11.0. The zero-order valence-electron chi connectivity index (χ0n) is 9.56. The van der Waals surface area contributed by atoms with Crippen LogP contribution in [0.4, 0.5) is 0 Å². The predicted octanol–water partition coefficient (Wildman–Crippen LogP) is 2.72. The monoisotopic (exact) mass is 220 g/mol. The number of carboxylic acid groups (broad SMARTS) is 1. The Bertz CT molecular complexity index is 412. The lowest BCUT2D eigenvalue weighted by Gasteiger charge is -2.29. The Morgan fingerprint density at radius 2 is 2.31 bits per heavy atom. The molecule has 1 N–H and O–H groups in total. The van der Waals surface area contributed by atoms with Gasteiger partial charge in [0.15, 0.2) is 0 Å². The van der Waals surface area contributed by atoms with Gasteiger partial charge in [-0.05, 0) is 37.5 Å². The second-order valence-corrected chi connectivity index (χ2v) is 4.50. The van der Waals surface area contributed by atoms with Crippen molar-refractivity contribution in [1.82, 2.24) is 0 Å². The normalized spacial score (nSPS) is 23.4. The summed E-state index contributed by atoms with van der Waals surface area (Å²) in [5.74, 6) is 0.187. The van der Waals surface area contributed by atoms with E-state index in [-0.39, 0.29) is 18.4 Å². The van der Waals surface area contributed by atoms with Crippen molar-refractivity contribution in [2.45, 2.75) is 38.7 Å². The topological polar surface area (TPSA) is 46.5 Å². The molecule has 3 nitrogen and oxygen atoms in total. The number of hydrogen-bond acceptors (Lipinski definition) is 2. The zero-order valence-corrected chi connectivity index (χ0v) is 9.56. The molecule has 0 saturated heterocycles. The molecule has 2 atom stereocenters. The lowest BCUT2D eigenvalue weighted by molar-refractivity contribution is -0.137. The van der Waals surface area contributed by atoms with Gasteiger partial charge in [0, 0.05) is 5.92 Å². The van der Waals surface area contributed by atoms with Crippen molar-refractivity contribution >= 4 is 5.97 Å². The summed E-state index contributed by atoms with van der Waals surface area (Å²) in [5.41, 5.74) is 2.17. The van der Waals surface area contributed by atoms with Gasteiger partial charge in [0.25, 0.3) is 0 Å². The molecule has 0 saturated carbocycles. The van der Waals surface area contributed by atoms with Gasteiger partial charge in [-0.15, -0.1) is 0 Å². The molecule has 0 aromatic heterocycles. The number of hydrogen-bond donors (Lipinski definition) is 1. The molecular weight excluding hydrogens is 204 g/mol. The highest BCUT2D eigenvalue weighted by molar-refractivity contribution is 5.68. The summed E-state index contributed by atoms with van der Waals surface area (Å²) < 4.78 is 5.73. The highest BCUT2D eigenvalue weighted by Crippen LogP contribution is 2.38. The molecule has 0 fully saturated rings. The first-order valence-electron chi connectivity index (χ1n) is 5.55. The molecule has 1 unspecified atom stereocenters. The second kappa shape index (κ2) is 4.16. The zero-order chi connectivity index (χ0) is 11.7. The first-order valence-corrected chi connectivity index (χ1v) is 5.55. The van der Waals surface area contributed by atoms with E-state index >= 15 is 0 Å². The van der Waals surface area contributed by atoms with E-state index in [0.717, 1.165) is 23.3 Å². The van der Waals surface area contributed by atoms with Crippen LogP contribution in [0.3, 0.4) is 0 Å². The van der Waals surface area contributed by atoms with E-state index in [1.165, 1.54) is 0 Å². The lowest BCUT2D eigenvalue weighted by atomic mass is 9.87. The maximum Gasteiger partial charge on any atom is 0.303 e. The summed E-state index contributed by atoms with van der Waals surface area (Å²) in [7, 11) is 0. The molecule has 0 bridgehead atoms. The van der Waals surface area contributed by atoms with Crippen LogP contribution in [0.15, 0.2) is 18.2 Å². The number of ether oxygens (including phenoxy) is 1. The predicted molar refractivity (Wildman–Crippen MR) is 60.9 cm³/mol. The fourth-order valence-corrected chi connectivity index (χ4v) is 2.28. The van der Waals surface area contributed by atoms with Crippen molar-refractivity contribution in [3.63, 3.8) is 0 Å². The van der Waals surface area contributed by atoms with Crippen molar-refractivity contribution in [1.29, 1.82) is 0 Å². The quantitative estimate of drug-likeness (QED) is 0.833. The number of carboxylic acids is 1. The van der Waals surface area contributed by atoms with Gasteiger partial charge in [0.05, 0.1) is 12.5 Å². The number of fused-ring (bicyclic) bond motifs is 1. The molecule has 1 aromatic carbocycles. The number of aliphatic carboxylic acids is 1. The number of aryl methyl sites for hydroxylation is 1. The van der Waals surface area contributed by atoms with Gasteiger partial charge in [-0.2, -0.15) is 0 Å². The van der Waals surface area contributed by atoms with E-state index < -0.39 is 5.97 Å². The largest absolute Gasteiger partial charge is 0.490 e. The standard InChI is InChI=1S/C13H16O3/c1-8-3-4-11-10(7-13(14)15)6-9(2)16-12(11)5-8/h3-5,9-10H,6-7H2,1-2H3,(H,14,15)/t9-,10?/m1/s1. The Morgan fingerprint density at radius 3 is 3.00 bits per heavy atom. The third-order valence-corrected chi connectivity index (χ3v) is 2.97. The highest BCUT2D eigenvalue weighted by atomic mass is 16.5. The van der Waals surface area contributed by atoms with Crippen molar-refractivity contribution < 1.29 is 14.6 Å². The number of benzene rings is 1. The van der Waals surface area contributed by atoms with Gasteiger partial charge in [0.2, 0.25) is 0 Å². The van der Waals surface area contributed by atoms with Crippen LogP contribution in [0.25, 0.3) is 0 Å². The van der Waals surface area contributed by atoms with Crippen LogP contribution < -0.4 is 4.74 Å². The molecule has 16 heavy (non-hydrogen) atoms. The summed E-state index contributed by atoms with van der Waals surface area (Å²) in [6, 6.07) is 5.98. The molecule has 0 radical (unpaired) electrons.